The fourth-order valence-electron chi connectivity index (χ4n) is 1.51. The molecule has 0 radical (unpaired) electrons. The first-order chi connectivity index (χ1) is 9.15. The normalized spacial score (nSPS) is 10.1. The van der Waals surface area contributed by atoms with Crippen LogP contribution in [0.2, 0.25) is 5.02 Å². The molecule has 0 atom stereocenters. The molecule has 0 bridgehead atoms. The lowest BCUT2D eigenvalue weighted by Crippen LogP contribution is -2.11. The number of hydrogen-bond acceptors (Lipinski definition) is 6. The van der Waals surface area contributed by atoms with Crippen LogP contribution in [-0.4, -0.2) is 17.1 Å². The Hall–Kier alpha value is -2.05. The summed E-state index contributed by atoms with van der Waals surface area (Å²) in [6.45, 7) is 1.94. The number of benzene rings is 1. The molecule has 2 rings (SSSR count). The van der Waals surface area contributed by atoms with Crippen LogP contribution >= 0.6 is 11.6 Å². The molecule has 0 spiro atoms. The molecule has 1 aromatic heterocycles. The van der Waals surface area contributed by atoms with Crippen LogP contribution in [0.1, 0.15) is 5.56 Å². The highest BCUT2D eigenvalue weighted by atomic mass is 35.5. The Morgan fingerprint density at radius 3 is 2.79 bits per heavy atom. The molecule has 100 valence electrons. The van der Waals surface area contributed by atoms with E-state index in [1.165, 1.54) is 13.4 Å². The Morgan fingerprint density at radius 2 is 2.11 bits per heavy atom. The summed E-state index contributed by atoms with van der Waals surface area (Å²) in [7, 11) is 1.48. The fraction of sp³-hybridized carbons (Fsp3) is 0.167. The van der Waals surface area contributed by atoms with Crippen LogP contribution in [0.4, 0.5) is 5.82 Å². The lowest BCUT2D eigenvalue weighted by Gasteiger charge is -2.12. The minimum atomic E-state index is 0.234. The summed E-state index contributed by atoms with van der Waals surface area (Å²) in [6.07, 6.45) is 1.32. The standard InChI is InChI=1S/C12H13ClN4O2/c1-7-3-4-8(13)9(5-7)19-12-10(18-2)11(17-14)15-6-16-12/h3-6H,14H2,1-2H3,(H,15,16,17). The van der Waals surface area contributed by atoms with Gasteiger partial charge in [0, 0.05) is 0 Å². The van der Waals surface area contributed by atoms with E-state index in [2.05, 4.69) is 15.4 Å². The number of aromatic nitrogens is 2. The predicted octanol–water partition coefficient (Wildman–Crippen LogP) is 2.52. The third kappa shape index (κ3) is 2.86. The van der Waals surface area contributed by atoms with Crippen molar-refractivity contribution in [1.82, 2.24) is 9.97 Å². The number of nitrogens with two attached hydrogens (primary N) is 1. The van der Waals surface area contributed by atoms with E-state index in [0.29, 0.717) is 22.3 Å². The molecule has 0 saturated carbocycles. The minimum absolute atomic E-state index is 0.234. The highest BCUT2D eigenvalue weighted by Crippen LogP contribution is 2.36. The molecule has 2 aromatic rings. The van der Waals surface area contributed by atoms with Crippen molar-refractivity contribution in [2.24, 2.45) is 5.84 Å². The summed E-state index contributed by atoms with van der Waals surface area (Å²) in [5, 5.41) is 0.480. The topological polar surface area (TPSA) is 82.3 Å². The number of nitrogens with one attached hydrogen (secondary N) is 1. The number of hydrazine groups is 1. The summed E-state index contributed by atoms with van der Waals surface area (Å²) >= 11 is 6.07. The highest BCUT2D eigenvalue weighted by molar-refractivity contribution is 6.32. The average Bonchev–Trinajstić information content (AvgIpc) is 2.42. The van der Waals surface area contributed by atoms with Gasteiger partial charge < -0.3 is 14.9 Å². The van der Waals surface area contributed by atoms with Crippen molar-refractivity contribution in [2.75, 3.05) is 12.5 Å². The highest BCUT2D eigenvalue weighted by Gasteiger charge is 2.14. The Kier molecular flexibility index (Phi) is 4.03. The number of methoxy groups -OCH3 is 1. The van der Waals surface area contributed by atoms with E-state index in [4.69, 9.17) is 26.9 Å². The molecule has 19 heavy (non-hydrogen) atoms. The number of anilines is 1. The molecule has 0 aliphatic carbocycles. The summed E-state index contributed by atoms with van der Waals surface area (Å²) in [5.74, 6) is 6.70. The van der Waals surface area contributed by atoms with Gasteiger partial charge >= 0.3 is 0 Å². The summed E-state index contributed by atoms with van der Waals surface area (Å²) in [4.78, 5) is 7.94. The molecule has 1 aromatic carbocycles. The van der Waals surface area contributed by atoms with Crippen molar-refractivity contribution in [3.63, 3.8) is 0 Å². The summed E-state index contributed by atoms with van der Waals surface area (Å²) in [5.41, 5.74) is 3.43. The molecule has 0 aliphatic heterocycles. The van der Waals surface area contributed by atoms with Gasteiger partial charge in [0.05, 0.1) is 12.1 Å². The van der Waals surface area contributed by atoms with E-state index >= 15 is 0 Å². The zero-order chi connectivity index (χ0) is 13.8. The van der Waals surface area contributed by atoms with Crippen molar-refractivity contribution in [1.29, 1.82) is 0 Å². The van der Waals surface area contributed by atoms with Gasteiger partial charge in [-0.3, -0.25) is 0 Å². The van der Waals surface area contributed by atoms with Crippen molar-refractivity contribution >= 4 is 17.4 Å². The number of ether oxygens (including phenoxy) is 2. The van der Waals surface area contributed by atoms with Gasteiger partial charge in [0.2, 0.25) is 5.75 Å². The SMILES string of the molecule is COc1c(NN)ncnc1Oc1cc(C)ccc1Cl. The molecule has 0 fully saturated rings. The van der Waals surface area contributed by atoms with Gasteiger partial charge in [-0.1, -0.05) is 17.7 Å². The largest absolute Gasteiger partial charge is 0.489 e. The maximum atomic E-state index is 6.07. The first-order valence-electron chi connectivity index (χ1n) is 5.45. The number of hydrogen-bond donors (Lipinski definition) is 2. The number of nitrogens with zero attached hydrogens (tertiary/aromatic N) is 2. The molecule has 1 heterocycles. The predicted molar refractivity (Wildman–Crippen MR) is 72.7 cm³/mol. The van der Waals surface area contributed by atoms with Crippen LogP contribution in [0.3, 0.4) is 0 Å². The van der Waals surface area contributed by atoms with Gasteiger partial charge in [-0.05, 0) is 24.6 Å². The van der Waals surface area contributed by atoms with Crippen LogP contribution < -0.4 is 20.7 Å². The Labute approximate surface area is 115 Å². The second-order valence-corrected chi connectivity index (χ2v) is 4.15. The van der Waals surface area contributed by atoms with Gasteiger partial charge in [0.15, 0.2) is 5.82 Å². The molecular formula is C12H13ClN4O2. The fourth-order valence-corrected chi connectivity index (χ4v) is 1.67. The van der Waals surface area contributed by atoms with Crippen molar-refractivity contribution in [3.8, 4) is 17.4 Å². The molecule has 6 nitrogen and oxygen atoms in total. The summed E-state index contributed by atoms with van der Waals surface area (Å²) in [6, 6.07) is 5.45. The number of nitrogen functional groups attached to an aromatic ring is 1. The maximum Gasteiger partial charge on any atom is 0.268 e. The second kappa shape index (κ2) is 5.73. The lowest BCUT2D eigenvalue weighted by molar-refractivity contribution is 0.369. The molecule has 0 aliphatic rings. The first kappa shape index (κ1) is 13.4. The van der Waals surface area contributed by atoms with E-state index < -0.39 is 0 Å². The zero-order valence-corrected chi connectivity index (χ0v) is 11.2. The molecule has 0 unspecified atom stereocenters. The van der Waals surface area contributed by atoms with Crippen molar-refractivity contribution in [2.45, 2.75) is 6.92 Å². The molecular weight excluding hydrogens is 268 g/mol. The van der Waals surface area contributed by atoms with Crippen molar-refractivity contribution in [3.05, 3.63) is 35.1 Å². The molecule has 0 saturated heterocycles. The van der Waals surface area contributed by atoms with E-state index in [1.54, 1.807) is 12.1 Å². The van der Waals surface area contributed by atoms with Crippen LogP contribution in [0.15, 0.2) is 24.5 Å². The molecule has 3 N–H and O–H groups in total. The monoisotopic (exact) mass is 280 g/mol. The third-order valence-corrected chi connectivity index (χ3v) is 2.72. The van der Waals surface area contributed by atoms with E-state index in [-0.39, 0.29) is 5.88 Å². The van der Waals surface area contributed by atoms with Crippen LogP contribution in [0.25, 0.3) is 0 Å². The maximum absolute atomic E-state index is 6.07. The second-order valence-electron chi connectivity index (χ2n) is 3.74. The molecule has 0 amide bonds. The van der Waals surface area contributed by atoms with Crippen molar-refractivity contribution < 1.29 is 9.47 Å². The Balaban J connectivity index is 2.40. The number of rotatable bonds is 4. The summed E-state index contributed by atoms with van der Waals surface area (Å²) < 4.78 is 10.8. The number of aryl methyl sites for hydroxylation is 1. The van der Waals surface area contributed by atoms with Crippen LogP contribution in [0.5, 0.6) is 17.4 Å². The third-order valence-electron chi connectivity index (χ3n) is 2.41. The van der Waals surface area contributed by atoms with Gasteiger partial charge in [-0.15, -0.1) is 0 Å². The van der Waals surface area contributed by atoms with Gasteiger partial charge in [-0.25, -0.2) is 10.8 Å². The lowest BCUT2D eigenvalue weighted by atomic mass is 10.2. The van der Waals surface area contributed by atoms with Gasteiger partial charge in [0.1, 0.15) is 12.1 Å². The number of halogens is 1. The average molecular weight is 281 g/mol. The van der Waals surface area contributed by atoms with Crippen LogP contribution in [-0.2, 0) is 0 Å². The van der Waals surface area contributed by atoms with E-state index in [9.17, 15) is 0 Å². The van der Waals surface area contributed by atoms with Gasteiger partial charge in [-0.2, -0.15) is 4.98 Å². The smallest absolute Gasteiger partial charge is 0.268 e. The molecule has 7 heteroatoms. The Bertz CT molecular complexity index is 592. The van der Waals surface area contributed by atoms with E-state index in [0.717, 1.165) is 5.56 Å². The van der Waals surface area contributed by atoms with E-state index in [1.807, 2.05) is 13.0 Å². The minimum Gasteiger partial charge on any atom is -0.489 e. The Morgan fingerprint density at radius 1 is 1.32 bits per heavy atom. The quantitative estimate of drug-likeness (QED) is 0.661. The zero-order valence-electron chi connectivity index (χ0n) is 10.5. The first-order valence-corrected chi connectivity index (χ1v) is 5.83. The van der Waals surface area contributed by atoms with Gasteiger partial charge in [0.25, 0.3) is 5.88 Å². The van der Waals surface area contributed by atoms with Crippen LogP contribution in [0, 0.1) is 6.92 Å².